The number of nitrogens with one attached hydrogen (secondary N) is 1. The minimum absolute atomic E-state index is 0.0601. The zero-order valence-corrected chi connectivity index (χ0v) is 7.92. The van der Waals surface area contributed by atoms with Crippen molar-refractivity contribution in [2.75, 3.05) is 0 Å². The molecule has 2 aromatic rings. The normalized spacial score (nSPS) is 12.8. The molecule has 3 nitrogen and oxygen atoms in total. The van der Waals surface area contributed by atoms with Crippen LogP contribution in [0.4, 0.5) is 13.2 Å². The average Bonchev–Trinajstić information content (AvgIpc) is 2.79. The topological polar surface area (TPSA) is 48.9 Å². The molecule has 84 valence electrons. The summed E-state index contributed by atoms with van der Waals surface area (Å²) < 4.78 is 38.8. The van der Waals surface area contributed by atoms with E-state index in [2.05, 4.69) is 9.97 Å². The fourth-order valence-electron chi connectivity index (χ4n) is 1.33. The molecular weight excluding hydrogens is 221 g/mol. The quantitative estimate of drug-likeness (QED) is 0.771. The van der Waals surface area contributed by atoms with Crippen molar-refractivity contribution < 1.29 is 18.3 Å². The molecule has 0 radical (unpaired) electrons. The van der Waals surface area contributed by atoms with Gasteiger partial charge in [-0.2, -0.15) is 0 Å². The maximum Gasteiger partial charge on any atom is 0.194 e. The Morgan fingerprint density at radius 1 is 1.19 bits per heavy atom. The molecule has 0 saturated heterocycles. The van der Waals surface area contributed by atoms with Gasteiger partial charge < -0.3 is 10.1 Å². The van der Waals surface area contributed by atoms with Crippen molar-refractivity contribution in [2.24, 2.45) is 0 Å². The van der Waals surface area contributed by atoms with Crippen molar-refractivity contribution in [3.63, 3.8) is 0 Å². The van der Waals surface area contributed by atoms with Crippen molar-refractivity contribution in [3.8, 4) is 0 Å². The molecule has 6 heteroatoms. The summed E-state index contributed by atoms with van der Waals surface area (Å²) in [4.78, 5) is 6.25. The van der Waals surface area contributed by atoms with Gasteiger partial charge in [0.1, 0.15) is 11.9 Å². The second kappa shape index (κ2) is 3.97. The number of hydrogen-bond donors (Lipinski definition) is 2. The van der Waals surface area contributed by atoms with Crippen molar-refractivity contribution in [2.45, 2.75) is 6.10 Å². The third kappa shape index (κ3) is 1.67. The number of nitrogens with zero attached hydrogens (tertiary/aromatic N) is 1. The van der Waals surface area contributed by atoms with Gasteiger partial charge in [0, 0.05) is 18.0 Å². The highest BCUT2D eigenvalue weighted by Gasteiger charge is 2.21. The Balaban J connectivity index is 2.45. The smallest absolute Gasteiger partial charge is 0.194 e. The molecule has 2 N–H and O–H groups in total. The molecular formula is C10H7F3N2O. The molecule has 0 spiro atoms. The van der Waals surface area contributed by atoms with E-state index >= 15 is 0 Å². The van der Waals surface area contributed by atoms with E-state index in [-0.39, 0.29) is 11.4 Å². The van der Waals surface area contributed by atoms with E-state index in [0.29, 0.717) is 0 Å². The fourth-order valence-corrected chi connectivity index (χ4v) is 1.33. The molecule has 16 heavy (non-hydrogen) atoms. The number of aromatic amines is 1. The molecule has 1 aromatic carbocycles. The monoisotopic (exact) mass is 228 g/mol. The summed E-state index contributed by atoms with van der Waals surface area (Å²) in [5.41, 5.74) is -0.367. The first-order chi connectivity index (χ1) is 7.61. The summed E-state index contributed by atoms with van der Waals surface area (Å²) in [6, 6.07) is 1.72. The number of H-pyrrole nitrogens is 1. The molecule has 1 atom stereocenters. The minimum atomic E-state index is -1.61. The molecule has 0 bridgehead atoms. The second-order valence-electron chi connectivity index (χ2n) is 3.14. The van der Waals surface area contributed by atoms with Crippen molar-refractivity contribution in [1.82, 2.24) is 9.97 Å². The first-order valence-electron chi connectivity index (χ1n) is 4.42. The number of aromatic nitrogens is 2. The number of aliphatic hydroxyl groups is 1. The van der Waals surface area contributed by atoms with E-state index in [0.717, 1.165) is 12.1 Å². The lowest BCUT2D eigenvalue weighted by Gasteiger charge is -2.09. The van der Waals surface area contributed by atoms with Gasteiger partial charge in [-0.3, -0.25) is 0 Å². The van der Waals surface area contributed by atoms with Crippen LogP contribution >= 0.6 is 0 Å². The van der Waals surface area contributed by atoms with Gasteiger partial charge in [-0.1, -0.05) is 0 Å². The van der Waals surface area contributed by atoms with E-state index in [1.165, 1.54) is 12.4 Å². The van der Waals surface area contributed by atoms with E-state index in [1.807, 2.05) is 0 Å². The van der Waals surface area contributed by atoms with Crippen LogP contribution in [0.15, 0.2) is 24.5 Å². The maximum atomic E-state index is 13.3. The van der Waals surface area contributed by atoms with E-state index in [9.17, 15) is 18.3 Å². The van der Waals surface area contributed by atoms with Crippen LogP contribution < -0.4 is 0 Å². The Labute approximate surface area is 88.6 Å². The van der Waals surface area contributed by atoms with Gasteiger partial charge in [-0.15, -0.1) is 0 Å². The molecule has 0 amide bonds. The van der Waals surface area contributed by atoms with Crippen molar-refractivity contribution >= 4 is 0 Å². The fraction of sp³-hybridized carbons (Fsp3) is 0.100. The highest BCUT2D eigenvalue weighted by molar-refractivity contribution is 5.26. The highest BCUT2D eigenvalue weighted by atomic mass is 19.2. The molecule has 1 unspecified atom stereocenters. The van der Waals surface area contributed by atoms with Gasteiger partial charge in [0.05, 0.1) is 0 Å². The summed E-state index contributed by atoms with van der Waals surface area (Å²) in [6.45, 7) is 0. The Bertz CT molecular complexity index is 499. The zero-order valence-electron chi connectivity index (χ0n) is 7.92. The lowest BCUT2D eigenvalue weighted by atomic mass is 10.1. The van der Waals surface area contributed by atoms with E-state index < -0.39 is 23.6 Å². The highest BCUT2D eigenvalue weighted by Crippen LogP contribution is 2.24. The first-order valence-corrected chi connectivity index (χ1v) is 4.42. The summed E-state index contributed by atoms with van der Waals surface area (Å²) >= 11 is 0. The third-order valence-corrected chi connectivity index (χ3v) is 2.14. The molecule has 0 aliphatic heterocycles. The lowest BCUT2D eigenvalue weighted by Crippen LogP contribution is -2.07. The third-order valence-electron chi connectivity index (χ3n) is 2.14. The number of hydrogen-bond acceptors (Lipinski definition) is 2. The average molecular weight is 228 g/mol. The van der Waals surface area contributed by atoms with Crippen LogP contribution in [0.25, 0.3) is 0 Å². The Morgan fingerprint density at radius 3 is 2.56 bits per heavy atom. The van der Waals surface area contributed by atoms with Crippen LogP contribution in [0.3, 0.4) is 0 Å². The van der Waals surface area contributed by atoms with Crippen LogP contribution in [0, 0.1) is 17.5 Å². The maximum absolute atomic E-state index is 13.3. The first kappa shape index (κ1) is 10.7. The van der Waals surface area contributed by atoms with Crippen LogP contribution in [0.5, 0.6) is 0 Å². The Hall–Kier alpha value is -1.82. The SMILES string of the molecule is OC(c1ncc[nH]1)c1ccc(F)c(F)c1F. The van der Waals surface area contributed by atoms with E-state index in [1.54, 1.807) is 0 Å². The van der Waals surface area contributed by atoms with Crippen LogP contribution in [-0.2, 0) is 0 Å². The van der Waals surface area contributed by atoms with Crippen molar-refractivity contribution in [3.05, 3.63) is 53.4 Å². The molecule has 0 aliphatic rings. The zero-order chi connectivity index (χ0) is 11.7. The van der Waals surface area contributed by atoms with Gasteiger partial charge in [-0.25, -0.2) is 18.2 Å². The minimum Gasteiger partial charge on any atom is -0.380 e. The summed E-state index contributed by atoms with van der Waals surface area (Å²) in [7, 11) is 0. The van der Waals surface area contributed by atoms with Gasteiger partial charge in [-0.05, 0) is 12.1 Å². The number of imidazole rings is 1. The van der Waals surface area contributed by atoms with Crippen LogP contribution in [0.2, 0.25) is 0 Å². The summed E-state index contributed by atoms with van der Waals surface area (Å²) in [5, 5.41) is 9.65. The molecule has 0 saturated carbocycles. The summed E-state index contributed by atoms with van der Waals surface area (Å²) in [6.07, 6.45) is 1.33. The predicted molar refractivity (Wildman–Crippen MR) is 49.0 cm³/mol. The second-order valence-corrected chi connectivity index (χ2v) is 3.14. The van der Waals surface area contributed by atoms with E-state index in [4.69, 9.17) is 0 Å². The van der Waals surface area contributed by atoms with Crippen LogP contribution in [0.1, 0.15) is 17.5 Å². The molecule has 1 aromatic heterocycles. The van der Waals surface area contributed by atoms with Gasteiger partial charge in [0.2, 0.25) is 0 Å². The predicted octanol–water partition coefficient (Wildman–Crippen LogP) is 1.91. The van der Waals surface area contributed by atoms with Crippen molar-refractivity contribution in [1.29, 1.82) is 0 Å². The lowest BCUT2D eigenvalue weighted by molar-refractivity contribution is 0.203. The number of aliphatic hydroxyl groups excluding tert-OH is 1. The number of halogens is 3. The molecule has 1 heterocycles. The van der Waals surface area contributed by atoms with Crippen LogP contribution in [-0.4, -0.2) is 15.1 Å². The molecule has 2 rings (SSSR count). The number of benzene rings is 1. The number of rotatable bonds is 2. The summed E-state index contributed by atoms with van der Waals surface area (Å²) in [5.74, 6) is -4.26. The van der Waals surface area contributed by atoms with Gasteiger partial charge in [0.25, 0.3) is 0 Å². The Morgan fingerprint density at radius 2 is 1.94 bits per heavy atom. The van der Waals surface area contributed by atoms with Gasteiger partial charge in [0.15, 0.2) is 17.5 Å². The van der Waals surface area contributed by atoms with Gasteiger partial charge >= 0.3 is 0 Å². The Kier molecular flexibility index (Phi) is 2.66. The molecule has 0 aliphatic carbocycles. The largest absolute Gasteiger partial charge is 0.380 e. The standard InChI is InChI=1S/C10H7F3N2O/c11-6-2-1-5(7(12)8(6)13)9(16)10-14-3-4-15-10/h1-4,9,16H,(H,14,15). The molecule has 0 fully saturated rings.